The van der Waals surface area contributed by atoms with Gasteiger partial charge in [0, 0.05) is 20.9 Å². The second-order valence-electron chi connectivity index (χ2n) is 10.1. The van der Waals surface area contributed by atoms with Crippen LogP contribution in [0.3, 0.4) is 0 Å². The summed E-state index contributed by atoms with van der Waals surface area (Å²) in [7, 11) is 0. The van der Waals surface area contributed by atoms with Gasteiger partial charge in [0.2, 0.25) is 0 Å². The van der Waals surface area contributed by atoms with Crippen LogP contribution in [0.1, 0.15) is 106 Å². The van der Waals surface area contributed by atoms with Crippen molar-refractivity contribution < 1.29 is 9.47 Å². The SMILES string of the molecule is CCCCCCOc1cc(/C=C/c2ccc(C)s2)c(OCCCCCC)cc1/C=C/C1=CC=C(C)CC1. The lowest BCUT2D eigenvalue weighted by molar-refractivity contribution is 0.296. The minimum absolute atomic E-state index is 0.745. The van der Waals surface area contributed by atoms with Gasteiger partial charge in [-0.2, -0.15) is 0 Å². The van der Waals surface area contributed by atoms with Crippen molar-refractivity contribution in [1.82, 2.24) is 0 Å². The summed E-state index contributed by atoms with van der Waals surface area (Å²) in [6.07, 6.45) is 25.1. The van der Waals surface area contributed by atoms with E-state index in [1.807, 2.05) is 11.3 Å². The Morgan fingerprint density at radius 3 is 1.84 bits per heavy atom. The fourth-order valence-corrected chi connectivity index (χ4v) is 5.11. The topological polar surface area (TPSA) is 18.5 Å². The molecule has 2 aromatic rings. The first kappa shape index (κ1) is 29.0. The van der Waals surface area contributed by atoms with E-state index >= 15 is 0 Å². The molecule has 0 radical (unpaired) electrons. The maximum absolute atomic E-state index is 6.38. The van der Waals surface area contributed by atoms with Crippen LogP contribution in [0.25, 0.3) is 18.2 Å². The zero-order valence-electron chi connectivity index (χ0n) is 23.5. The van der Waals surface area contributed by atoms with Gasteiger partial charge in [0.15, 0.2) is 0 Å². The molecule has 0 amide bonds. The molecule has 1 aromatic carbocycles. The second kappa shape index (κ2) is 16.3. The first-order valence-corrected chi connectivity index (χ1v) is 15.1. The lowest BCUT2D eigenvalue weighted by atomic mass is 9.98. The number of hydrogen-bond donors (Lipinski definition) is 0. The molecule has 0 atom stereocenters. The summed E-state index contributed by atoms with van der Waals surface area (Å²) < 4.78 is 12.8. The molecular formula is C34H46O2S. The van der Waals surface area contributed by atoms with E-state index in [9.17, 15) is 0 Å². The van der Waals surface area contributed by atoms with Gasteiger partial charge in [-0.25, -0.2) is 0 Å². The lowest BCUT2D eigenvalue weighted by Gasteiger charge is -2.16. The molecule has 3 rings (SSSR count). The number of aryl methyl sites for hydroxylation is 1. The molecule has 2 nitrogen and oxygen atoms in total. The van der Waals surface area contributed by atoms with Gasteiger partial charge in [-0.3, -0.25) is 0 Å². The Balaban J connectivity index is 1.88. The smallest absolute Gasteiger partial charge is 0.127 e. The van der Waals surface area contributed by atoms with Crippen LogP contribution in [-0.2, 0) is 0 Å². The minimum atomic E-state index is 0.745. The van der Waals surface area contributed by atoms with Crippen molar-refractivity contribution in [3.8, 4) is 11.5 Å². The fraction of sp³-hybridized carbons (Fsp3) is 0.471. The Morgan fingerprint density at radius 2 is 1.32 bits per heavy atom. The van der Waals surface area contributed by atoms with Gasteiger partial charge >= 0.3 is 0 Å². The third-order valence-corrected chi connectivity index (χ3v) is 7.67. The summed E-state index contributed by atoms with van der Waals surface area (Å²) in [6, 6.07) is 8.71. The van der Waals surface area contributed by atoms with E-state index in [0.29, 0.717) is 0 Å². The van der Waals surface area contributed by atoms with E-state index in [4.69, 9.17) is 9.47 Å². The molecule has 3 heteroatoms. The summed E-state index contributed by atoms with van der Waals surface area (Å²) >= 11 is 1.81. The van der Waals surface area contributed by atoms with Crippen molar-refractivity contribution in [1.29, 1.82) is 0 Å². The molecular weight excluding hydrogens is 472 g/mol. The minimum Gasteiger partial charge on any atom is -0.493 e. The van der Waals surface area contributed by atoms with Crippen molar-refractivity contribution in [3.63, 3.8) is 0 Å². The first-order valence-electron chi connectivity index (χ1n) is 14.3. The van der Waals surface area contributed by atoms with E-state index in [0.717, 1.165) is 61.5 Å². The Hall–Kier alpha value is -2.52. The van der Waals surface area contributed by atoms with Gasteiger partial charge in [-0.05, 0) is 81.5 Å². The Kier molecular flexibility index (Phi) is 12.8. The average Bonchev–Trinajstić information content (AvgIpc) is 3.32. The number of benzene rings is 1. The van der Waals surface area contributed by atoms with Crippen molar-refractivity contribution in [2.75, 3.05) is 13.2 Å². The van der Waals surface area contributed by atoms with Crippen LogP contribution in [0.5, 0.6) is 11.5 Å². The van der Waals surface area contributed by atoms with Crippen LogP contribution in [-0.4, -0.2) is 13.2 Å². The number of hydrogen-bond acceptors (Lipinski definition) is 3. The molecule has 0 saturated heterocycles. The molecule has 1 aliphatic carbocycles. The van der Waals surface area contributed by atoms with Crippen molar-refractivity contribution in [2.45, 2.75) is 91.9 Å². The maximum Gasteiger partial charge on any atom is 0.127 e. The highest BCUT2D eigenvalue weighted by atomic mass is 32.1. The second-order valence-corrected chi connectivity index (χ2v) is 11.4. The highest BCUT2D eigenvalue weighted by Crippen LogP contribution is 2.33. The summed E-state index contributed by atoms with van der Waals surface area (Å²) in [5.74, 6) is 1.88. The van der Waals surface area contributed by atoms with Gasteiger partial charge in [-0.1, -0.05) is 82.2 Å². The molecule has 0 saturated carbocycles. The number of ether oxygens (including phenoxy) is 2. The maximum atomic E-state index is 6.38. The Labute approximate surface area is 229 Å². The highest BCUT2D eigenvalue weighted by Gasteiger charge is 2.11. The van der Waals surface area contributed by atoms with Crippen molar-refractivity contribution in [3.05, 3.63) is 74.5 Å². The number of rotatable bonds is 16. The van der Waals surface area contributed by atoms with Crippen LogP contribution < -0.4 is 9.47 Å². The summed E-state index contributed by atoms with van der Waals surface area (Å²) in [6.45, 7) is 10.3. The molecule has 1 heterocycles. The monoisotopic (exact) mass is 518 g/mol. The number of thiophene rings is 1. The van der Waals surface area contributed by atoms with E-state index in [1.165, 1.54) is 59.4 Å². The number of allylic oxidation sites excluding steroid dienone is 5. The quantitative estimate of drug-likeness (QED) is 0.206. The van der Waals surface area contributed by atoms with Crippen LogP contribution >= 0.6 is 11.3 Å². The van der Waals surface area contributed by atoms with E-state index in [-0.39, 0.29) is 0 Å². The van der Waals surface area contributed by atoms with Crippen LogP contribution in [0.4, 0.5) is 0 Å². The van der Waals surface area contributed by atoms with Crippen LogP contribution in [0, 0.1) is 6.92 Å². The van der Waals surface area contributed by atoms with E-state index in [1.54, 1.807) is 0 Å². The van der Waals surface area contributed by atoms with Crippen LogP contribution in [0.2, 0.25) is 0 Å². The zero-order valence-corrected chi connectivity index (χ0v) is 24.3. The first-order chi connectivity index (χ1) is 18.1. The molecule has 200 valence electrons. The molecule has 0 fully saturated rings. The van der Waals surface area contributed by atoms with Gasteiger partial charge in [0.25, 0.3) is 0 Å². The predicted molar refractivity (Wildman–Crippen MR) is 164 cm³/mol. The van der Waals surface area contributed by atoms with Gasteiger partial charge in [0.1, 0.15) is 11.5 Å². The fourth-order valence-electron chi connectivity index (χ4n) is 4.33. The lowest BCUT2D eigenvalue weighted by Crippen LogP contribution is -2.03. The standard InChI is InChI=1S/C34H46O2S/c1-5-7-9-11-23-35-33-26-31(20-22-32-21-15-28(4)37-32)34(36-24-12-10-8-6-2)25-30(33)19-18-29-16-13-27(3)14-17-29/h13,15-16,18-22,25-26H,5-12,14,17,23-24H2,1-4H3/b19-18+,22-20+. The van der Waals surface area contributed by atoms with Crippen molar-refractivity contribution >= 4 is 29.6 Å². The molecule has 0 spiro atoms. The molecule has 37 heavy (non-hydrogen) atoms. The highest BCUT2D eigenvalue weighted by molar-refractivity contribution is 7.12. The molecule has 0 unspecified atom stereocenters. The summed E-state index contributed by atoms with van der Waals surface area (Å²) in [5.41, 5.74) is 4.98. The predicted octanol–water partition coefficient (Wildman–Crippen LogP) is 10.8. The Bertz CT molecular complexity index is 1080. The zero-order chi connectivity index (χ0) is 26.3. The van der Waals surface area contributed by atoms with Crippen LogP contribution in [0.15, 0.2) is 53.6 Å². The number of unbranched alkanes of at least 4 members (excludes halogenated alkanes) is 6. The van der Waals surface area contributed by atoms with Gasteiger partial charge in [-0.15, -0.1) is 11.3 Å². The van der Waals surface area contributed by atoms with Gasteiger partial charge < -0.3 is 9.47 Å². The summed E-state index contributed by atoms with van der Waals surface area (Å²) in [4.78, 5) is 2.58. The van der Waals surface area contributed by atoms with Gasteiger partial charge in [0.05, 0.1) is 13.2 Å². The van der Waals surface area contributed by atoms with E-state index < -0.39 is 0 Å². The normalized spacial score (nSPS) is 13.8. The summed E-state index contributed by atoms with van der Waals surface area (Å²) in [5, 5.41) is 0. The Morgan fingerprint density at radius 1 is 0.703 bits per heavy atom. The van der Waals surface area contributed by atoms with Crippen molar-refractivity contribution in [2.24, 2.45) is 0 Å². The molecule has 1 aromatic heterocycles. The third-order valence-electron chi connectivity index (χ3n) is 6.71. The molecule has 0 aliphatic heterocycles. The largest absolute Gasteiger partial charge is 0.493 e. The third kappa shape index (κ3) is 10.4. The van der Waals surface area contributed by atoms with E-state index in [2.05, 4.69) is 88.4 Å². The average molecular weight is 519 g/mol. The molecule has 0 N–H and O–H groups in total. The molecule has 1 aliphatic rings. The molecule has 0 bridgehead atoms.